The first kappa shape index (κ1) is 17.4. The maximum atomic E-state index is 12.1. The van der Waals surface area contributed by atoms with Crippen LogP contribution in [0.5, 0.6) is 0 Å². The molecule has 0 fully saturated rings. The summed E-state index contributed by atoms with van der Waals surface area (Å²) in [5, 5.41) is 11.1. The molecule has 0 radical (unpaired) electrons. The Hall–Kier alpha value is -2.93. The molecular formula is C16H12ClNO6. The fourth-order valence-electron chi connectivity index (χ4n) is 1.96. The van der Waals surface area contributed by atoms with Gasteiger partial charge in [0, 0.05) is 11.1 Å². The van der Waals surface area contributed by atoms with Crippen molar-refractivity contribution < 1.29 is 24.0 Å². The predicted molar refractivity (Wildman–Crippen MR) is 85.0 cm³/mol. The predicted octanol–water partition coefficient (Wildman–Crippen LogP) is 3.39. The van der Waals surface area contributed by atoms with Crippen LogP contribution in [0.4, 0.5) is 5.69 Å². The van der Waals surface area contributed by atoms with Crippen molar-refractivity contribution in [2.24, 2.45) is 0 Å². The van der Waals surface area contributed by atoms with Crippen LogP contribution in [0, 0.1) is 10.1 Å². The highest BCUT2D eigenvalue weighted by molar-refractivity contribution is 6.31. The smallest absolute Gasteiger partial charge is 0.345 e. The highest BCUT2D eigenvalue weighted by Crippen LogP contribution is 2.24. The number of rotatable bonds is 5. The third-order valence-corrected chi connectivity index (χ3v) is 3.33. The molecule has 7 nitrogen and oxygen atoms in total. The zero-order valence-electron chi connectivity index (χ0n) is 12.5. The van der Waals surface area contributed by atoms with E-state index >= 15 is 0 Å². The molecule has 0 aliphatic rings. The first-order valence-electron chi connectivity index (χ1n) is 6.70. The van der Waals surface area contributed by atoms with Crippen LogP contribution in [0.15, 0.2) is 42.5 Å². The number of benzene rings is 2. The molecular weight excluding hydrogens is 338 g/mol. The summed E-state index contributed by atoms with van der Waals surface area (Å²) in [5.74, 6) is -1.38. The van der Waals surface area contributed by atoms with E-state index < -0.39 is 22.5 Å². The minimum Gasteiger partial charge on any atom is -0.465 e. The number of nitro groups is 1. The number of hydrogen-bond acceptors (Lipinski definition) is 6. The van der Waals surface area contributed by atoms with Gasteiger partial charge in [-0.25, -0.2) is 9.59 Å². The lowest BCUT2D eigenvalue weighted by Gasteiger charge is -2.07. The molecule has 0 aliphatic carbocycles. The number of carbonyl (C=O) groups is 2. The van der Waals surface area contributed by atoms with Gasteiger partial charge >= 0.3 is 11.9 Å². The second-order valence-electron chi connectivity index (χ2n) is 4.69. The summed E-state index contributed by atoms with van der Waals surface area (Å²) >= 11 is 5.70. The van der Waals surface area contributed by atoms with E-state index in [1.807, 2.05) is 0 Å². The van der Waals surface area contributed by atoms with Crippen LogP contribution in [-0.2, 0) is 16.1 Å². The van der Waals surface area contributed by atoms with Crippen molar-refractivity contribution in [3.8, 4) is 0 Å². The van der Waals surface area contributed by atoms with E-state index in [-0.39, 0.29) is 17.2 Å². The lowest BCUT2D eigenvalue weighted by atomic mass is 10.1. The van der Waals surface area contributed by atoms with Gasteiger partial charge in [-0.15, -0.1) is 0 Å². The van der Waals surface area contributed by atoms with Gasteiger partial charge in [-0.05, 0) is 29.8 Å². The van der Waals surface area contributed by atoms with E-state index in [4.69, 9.17) is 16.3 Å². The van der Waals surface area contributed by atoms with Gasteiger partial charge in [0.1, 0.15) is 12.2 Å². The molecule has 2 aromatic rings. The summed E-state index contributed by atoms with van der Waals surface area (Å²) in [7, 11) is 1.26. The molecule has 0 bridgehead atoms. The summed E-state index contributed by atoms with van der Waals surface area (Å²) in [4.78, 5) is 33.8. The van der Waals surface area contributed by atoms with E-state index in [1.54, 1.807) is 18.2 Å². The SMILES string of the molecule is COC(=O)c1cccc(COC(=O)c2ccc(Cl)cc2[N+](=O)[O-])c1. The number of ether oxygens (including phenoxy) is 2. The second-order valence-corrected chi connectivity index (χ2v) is 5.12. The van der Waals surface area contributed by atoms with Crippen LogP contribution >= 0.6 is 11.6 Å². The van der Waals surface area contributed by atoms with Gasteiger partial charge in [-0.3, -0.25) is 10.1 Å². The maximum Gasteiger partial charge on any atom is 0.345 e. The normalized spacial score (nSPS) is 10.1. The van der Waals surface area contributed by atoms with E-state index in [0.29, 0.717) is 11.1 Å². The third kappa shape index (κ3) is 4.08. The van der Waals surface area contributed by atoms with Crippen LogP contribution in [0.3, 0.4) is 0 Å². The largest absolute Gasteiger partial charge is 0.465 e. The first-order valence-corrected chi connectivity index (χ1v) is 7.08. The van der Waals surface area contributed by atoms with Crippen LogP contribution in [0.2, 0.25) is 5.02 Å². The summed E-state index contributed by atoms with van der Waals surface area (Å²) < 4.78 is 9.68. The molecule has 0 amide bonds. The number of nitro benzene ring substituents is 1. The molecule has 24 heavy (non-hydrogen) atoms. The number of halogens is 1. The van der Waals surface area contributed by atoms with Crippen molar-refractivity contribution in [3.05, 3.63) is 74.3 Å². The highest BCUT2D eigenvalue weighted by Gasteiger charge is 2.22. The Morgan fingerprint density at radius 2 is 1.92 bits per heavy atom. The molecule has 0 heterocycles. The molecule has 0 unspecified atom stereocenters. The van der Waals surface area contributed by atoms with Crippen molar-refractivity contribution in [1.82, 2.24) is 0 Å². The Bertz CT molecular complexity index is 805. The molecule has 2 rings (SSSR count). The van der Waals surface area contributed by atoms with Gasteiger partial charge in [0.15, 0.2) is 0 Å². The maximum absolute atomic E-state index is 12.1. The van der Waals surface area contributed by atoms with Gasteiger partial charge in [-0.1, -0.05) is 23.7 Å². The first-order chi connectivity index (χ1) is 11.4. The molecule has 0 saturated heterocycles. The number of hydrogen-bond donors (Lipinski definition) is 0. The van der Waals surface area contributed by atoms with Gasteiger partial charge in [0.05, 0.1) is 17.6 Å². The summed E-state index contributed by atoms with van der Waals surface area (Å²) in [5.41, 5.74) is 0.218. The number of methoxy groups -OCH3 is 1. The Labute approximate surface area is 141 Å². The van der Waals surface area contributed by atoms with Crippen molar-refractivity contribution in [2.75, 3.05) is 7.11 Å². The standard InChI is InChI=1S/C16H12ClNO6/c1-23-15(19)11-4-2-3-10(7-11)9-24-16(20)13-6-5-12(17)8-14(13)18(21)22/h2-8H,9H2,1H3. The van der Waals surface area contributed by atoms with Crippen molar-refractivity contribution in [3.63, 3.8) is 0 Å². The Balaban J connectivity index is 2.14. The van der Waals surface area contributed by atoms with E-state index in [0.717, 1.165) is 6.07 Å². The fourth-order valence-corrected chi connectivity index (χ4v) is 2.13. The average molecular weight is 350 g/mol. The van der Waals surface area contributed by atoms with Gasteiger partial charge in [0.2, 0.25) is 0 Å². The Morgan fingerprint density at radius 3 is 2.58 bits per heavy atom. The van der Waals surface area contributed by atoms with Crippen LogP contribution in [-0.4, -0.2) is 24.0 Å². The summed E-state index contributed by atoms with van der Waals surface area (Å²) in [6.45, 7) is -0.149. The minimum absolute atomic E-state index is 0.143. The summed E-state index contributed by atoms with van der Waals surface area (Å²) in [6.07, 6.45) is 0. The van der Waals surface area contributed by atoms with Crippen molar-refractivity contribution in [1.29, 1.82) is 0 Å². The molecule has 0 aromatic heterocycles. The van der Waals surface area contributed by atoms with Gasteiger partial charge < -0.3 is 9.47 Å². The van der Waals surface area contributed by atoms with E-state index in [9.17, 15) is 19.7 Å². The lowest BCUT2D eigenvalue weighted by molar-refractivity contribution is -0.385. The second kappa shape index (κ2) is 7.56. The molecule has 124 valence electrons. The molecule has 0 atom stereocenters. The molecule has 0 aliphatic heterocycles. The van der Waals surface area contributed by atoms with E-state index in [1.165, 1.54) is 25.3 Å². The van der Waals surface area contributed by atoms with Crippen molar-refractivity contribution >= 4 is 29.2 Å². The zero-order chi connectivity index (χ0) is 17.7. The number of carbonyl (C=O) groups excluding carboxylic acids is 2. The monoisotopic (exact) mass is 349 g/mol. The molecule has 0 spiro atoms. The Morgan fingerprint density at radius 1 is 1.17 bits per heavy atom. The van der Waals surface area contributed by atoms with Crippen LogP contribution < -0.4 is 0 Å². The lowest BCUT2D eigenvalue weighted by Crippen LogP contribution is -2.09. The number of esters is 2. The van der Waals surface area contributed by atoms with Crippen LogP contribution in [0.25, 0.3) is 0 Å². The quantitative estimate of drug-likeness (QED) is 0.466. The number of nitrogens with zero attached hydrogens (tertiary/aromatic N) is 1. The average Bonchev–Trinajstić information content (AvgIpc) is 2.59. The van der Waals surface area contributed by atoms with Crippen molar-refractivity contribution in [2.45, 2.75) is 6.61 Å². The molecule has 2 aromatic carbocycles. The summed E-state index contributed by atoms with van der Waals surface area (Å²) in [6, 6.07) is 10.00. The van der Waals surface area contributed by atoms with Gasteiger partial charge in [0.25, 0.3) is 5.69 Å². The van der Waals surface area contributed by atoms with E-state index in [2.05, 4.69) is 4.74 Å². The molecule has 0 N–H and O–H groups in total. The molecule has 8 heteroatoms. The highest BCUT2D eigenvalue weighted by atomic mass is 35.5. The fraction of sp³-hybridized carbons (Fsp3) is 0.125. The van der Waals surface area contributed by atoms with Crippen LogP contribution in [0.1, 0.15) is 26.3 Å². The topological polar surface area (TPSA) is 95.7 Å². The third-order valence-electron chi connectivity index (χ3n) is 3.09. The zero-order valence-corrected chi connectivity index (χ0v) is 13.3. The Kier molecular flexibility index (Phi) is 5.49. The minimum atomic E-state index is -0.859. The van der Waals surface area contributed by atoms with Gasteiger partial charge in [-0.2, -0.15) is 0 Å². The molecule has 0 saturated carbocycles.